The minimum absolute atomic E-state index is 0.0288. The van der Waals surface area contributed by atoms with E-state index in [0.717, 1.165) is 38.0 Å². The van der Waals surface area contributed by atoms with Crippen LogP contribution in [-0.2, 0) is 32.5 Å². The molecular weight excluding hydrogens is 378 g/mol. The molecule has 0 atom stereocenters. The molecule has 0 amide bonds. The van der Waals surface area contributed by atoms with E-state index >= 15 is 0 Å². The van der Waals surface area contributed by atoms with Gasteiger partial charge in [-0.3, -0.25) is 9.69 Å². The van der Waals surface area contributed by atoms with Gasteiger partial charge in [0.1, 0.15) is 0 Å². The Morgan fingerprint density at radius 2 is 1.89 bits per heavy atom. The smallest absolute Gasteiger partial charge is 0.309 e. The lowest BCUT2D eigenvalue weighted by Crippen LogP contribution is -2.37. The van der Waals surface area contributed by atoms with E-state index in [2.05, 4.69) is 23.7 Å². The molecular formula is C20H35N3O4S. The Hall–Kier alpha value is -1.41. The number of aromatic nitrogens is 2. The highest BCUT2D eigenvalue weighted by Crippen LogP contribution is 2.23. The number of rotatable bonds is 9. The van der Waals surface area contributed by atoms with Crippen LogP contribution in [0.15, 0.2) is 11.4 Å². The van der Waals surface area contributed by atoms with E-state index in [1.54, 1.807) is 20.0 Å². The maximum Gasteiger partial charge on any atom is 0.309 e. The fourth-order valence-corrected chi connectivity index (χ4v) is 4.54. The van der Waals surface area contributed by atoms with Crippen molar-refractivity contribution in [3.05, 3.63) is 11.9 Å². The van der Waals surface area contributed by atoms with E-state index in [-0.39, 0.29) is 17.0 Å². The zero-order valence-electron chi connectivity index (χ0n) is 17.8. The van der Waals surface area contributed by atoms with Crippen LogP contribution in [0.1, 0.15) is 59.6 Å². The summed E-state index contributed by atoms with van der Waals surface area (Å²) >= 11 is 0. The van der Waals surface area contributed by atoms with Gasteiger partial charge in [-0.2, -0.15) is 0 Å². The summed E-state index contributed by atoms with van der Waals surface area (Å²) in [6.45, 7) is 12.8. The molecule has 2 heterocycles. The number of nitrogens with zero attached hydrogens (tertiary/aromatic N) is 3. The summed E-state index contributed by atoms with van der Waals surface area (Å²) in [5, 5.41) is -0.319. The van der Waals surface area contributed by atoms with Crippen molar-refractivity contribution in [2.75, 3.05) is 19.7 Å². The molecule has 1 aromatic rings. The number of sulfone groups is 1. The molecule has 28 heavy (non-hydrogen) atoms. The molecule has 0 N–H and O–H groups in total. The maximum atomic E-state index is 12.7. The molecule has 0 bridgehead atoms. The third-order valence-electron chi connectivity index (χ3n) is 5.30. The Bertz CT molecular complexity index is 748. The summed E-state index contributed by atoms with van der Waals surface area (Å²) in [7, 11) is -3.43. The summed E-state index contributed by atoms with van der Waals surface area (Å²) in [4.78, 5) is 18.5. The van der Waals surface area contributed by atoms with Crippen molar-refractivity contribution in [1.29, 1.82) is 0 Å². The minimum Gasteiger partial charge on any atom is -0.466 e. The number of hydrogen-bond acceptors (Lipinski definition) is 6. The highest BCUT2D eigenvalue weighted by molar-refractivity contribution is 7.91. The standard InChI is InChI=1S/C20H35N3O4S/c1-6-27-19(24)17-8-10-22(11-9-17)14-18-13-21-20(28(25,26)16(4)5)23(18)12-7-15(2)3/h13,15-17H,6-12,14H2,1-5H3. The Labute approximate surface area is 169 Å². The quantitative estimate of drug-likeness (QED) is 0.579. The van der Waals surface area contributed by atoms with Crippen LogP contribution in [0.4, 0.5) is 0 Å². The largest absolute Gasteiger partial charge is 0.466 e. The second-order valence-corrected chi connectivity index (χ2v) is 10.7. The van der Waals surface area contributed by atoms with Gasteiger partial charge in [0.15, 0.2) is 0 Å². The summed E-state index contributed by atoms with van der Waals surface area (Å²) < 4.78 is 32.5. The van der Waals surface area contributed by atoms with Crippen molar-refractivity contribution in [2.45, 2.75) is 77.4 Å². The Balaban J connectivity index is 2.13. The summed E-state index contributed by atoms with van der Waals surface area (Å²) in [6, 6.07) is 0. The van der Waals surface area contributed by atoms with Crippen molar-refractivity contribution in [1.82, 2.24) is 14.5 Å². The molecule has 0 radical (unpaired) electrons. The molecule has 1 fully saturated rings. The van der Waals surface area contributed by atoms with E-state index in [1.807, 2.05) is 11.5 Å². The highest BCUT2D eigenvalue weighted by Gasteiger charge is 2.29. The van der Waals surface area contributed by atoms with E-state index in [9.17, 15) is 13.2 Å². The van der Waals surface area contributed by atoms with Gasteiger partial charge in [-0.25, -0.2) is 13.4 Å². The lowest BCUT2D eigenvalue weighted by Gasteiger charge is -2.31. The van der Waals surface area contributed by atoms with Crippen LogP contribution in [-0.4, -0.2) is 53.8 Å². The first-order valence-corrected chi connectivity index (χ1v) is 11.9. The van der Waals surface area contributed by atoms with Gasteiger partial charge in [0.05, 0.1) is 29.7 Å². The summed E-state index contributed by atoms with van der Waals surface area (Å²) in [5.41, 5.74) is 0.925. The molecule has 0 spiro atoms. The van der Waals surface area contributed by atoms with Gasteiger partial charge in [0, 0.05) is 13.1 Å². The monoisotopic (exact) mass is 413 g/mol. The van der Waals surface area contributed by atoms with Gasteiger partial charge in [0.25, 0.3) is 0 Å². The second kappa shape index (κ2) is 9.87. The van der Waals surface area contributed by atoms with Crippen molar-refractivity contribution in [3.63, 3.8) is 0 Å². The van der Waals surface area contributed by atoms with Crippen LogP contribution in [0.3, 0.4) is 0 Å². The Morgan fingerprint density at radius 1 is 1.25 bits per heavy atom. The molecule has 0 aliphatic carbocycles. The van der Waals surface area contributed by atoms with Gasteiger partial charge in [-0.15, -0.1) is 0 Å². The van der Waals surface area contributed by atoms with Crippen molar-refractivity contribution in [3.8, 4) is 0 Å². The third kappa shape index (κ3) is 5.56. The van der Waals surface area contributed by atoms with Gasteiger partial charge < -0.3 is 9.30 Å². The van der Waals surface area contributed by atoms with Crippen LogP contribution in [0.2, 0.25) is 0 Å². The van der Waals surface area contributed by atoms with Gasteiger partial charge in [-0.1, -0.05) is 13.8 Å². The molecule has 0 unspecified atom stereocenters. The Kier molecular flexibility index (Phi) is 8.07. The van der Waals surface area contributed by atoms with Gasteiger partial charge in [0.2, 0.25) is 15.0 Å². The van der Waals surface area contributed by atoms with Gasteiger partial charge in [-0.05, 0) is 59.0 Å². The first-order valence-electron chi connectivity index (χ1n) is 10.3. The average molecular weight is 414 g/mol. The second-order valence-electron chi connectivity index (χ2n) is 8.26. The maximum absolute atomic E-state index is 12.7. The SMILES string of the molecule is CCOC(=O)C1CCN(Cc2cnc(S(=O)(=O)C(C)C)n2CCC(C)C)CC1. The molecule has 160 valence electrons. The molecule has 1 aliphatic heterocycles. The predicted molar refractivity (Wildman–Crippen MR) is 109 cm³/mol. The number of hydrogen-bond donors (Lipinski definition) is 0. The number of carbonyl (C=O) groups excluding carboxylic acids is 1. The molecule has 7 nitrogen and oxygen atoms in total. The lowest BCUT2D eigenvalue weighted by atomic mass is 9.97. The number of imidazole rings is 1. The predicted octanol–water partition coefficient (Wildman–Crippen LogP) is 2.89. The normalized spacial score (nSPS) is 16.8. The number of ether oxygens (including phenoxy) is 1. The lowest BCUT2D eigenvalue weighted by molar-refractivity contribution is -0.149. The first kappa shape index (κ1) is 22.9. The van der Waals surface area contributed by atoms with Crippen LogP contribution in [0, 0.1) is 11.8 Å². The zero-order valence-corrected chi connectivity index (χ0v) is 18.7. The molecule has 1 saturated heterocycles. The Morgan fingerprint density at radius 3 is 2.43 bits per heavy atom. The van der Waals surface area contributed by atoms with Crippen LogP contribution in [0.5, 0.6) is 0 Å². The van der Waals surface area contributed by atoms with Gasteiger partial charge >= 0.3 is 5.97 Å². The molecule has 8 heteroatoms. The van der Waals surface area contributed by atoms with Crippen LogP contribution in [0.25, 0.3) is 0 Å². The highest BCUT2D eigenvalue weighted by atomic mass is 32.2. The van der Waals surface area contributed by atoms with E-state index in [4.69, 9.17) is 4.74 Å². The molecule has 1 aliphatic rings. The number of carbonyl (C=O) groups is 1. The van der Waals surface area contributed by atoms with Crippen molar-refractivity contribution >= 4 is 15.8 Å². The first-order chi connectivity index (χ1) is 13.2. The van der Waals surface area contributed by atoms with E-state index in [1.165, 1.54) is 0 Å². The van der Waals surface area contributed by atoms with E-state index in [0.29, 0.717) is 25.6 Å². The number of esters is 1. The molecule has 1 aromatic heterocycles. The molecule has 0 aromatic carbocycles. The zero-order chi connectivity index (χ0) is 20.9. The minimum atomic E-state index is -3.43. The number of likely N-dealkylation sites (tertiary alicyclic amines) is 1. The van der Waals surface area contributed by atoms with Crippen molar-refractivity contribution in [2.24, 2.45) is 11.8 Å². The fraction of sp³-hybridized carbons (Fsp3) is 0.800. The van der Waals surface area contributed by atoms with Crippen molar-refractivity contribution < 1.29 is 17.9 Å². The molecule has 2 rings (SSSR count). The summed E-state index contributed by atoms with van der Waals surface area (Å²) in [6.07, 6.45) is 4.15. The number of piperidine rings is 1. The topological polar surface area (TPSA) is 81.5 Å². The van der Waals surface area contributed by atoms with E-state index < -0.39 is 15.1 Å². The molecule has 0 saturated carbocycles. The average Bonchev–Trinajstić information content (AvgIpc) is 3.03. The summed E-state index contributed by atoms with van der Waals surface area (Å²) in [5.74, 6) is 0.346. The fourth-order valence-electron chi connectivity index (χ4n) is 3.40. The van der Waals surface area contributed by atoms with Crippen LogP contribution >= 0.6 is 0 Å². The third-order valence-corrected chi connectivity index (χ3v) is 7.38. The van der Waals surface area contributed by atoms with Crippen LogP contribution < -0.4 is 0 Å².